The fourth-order valence-electron chi connectivity index (χ4n) is 1.49. The van der Waals surface area contributed by atoms with Gasteiger partial charge in [0.15, 0.2) is 0 Å². The number of benzene rings is 1. The summed E-state index contributed by atoms with van der Waals surface area (Å²) in [6.07, 6.45) is 0. The molecule has 0 spiro atoms. The lowest BCUT2D eigenvalue weighted by molar-refractivity contribution is 0.0701. The molecule has 4 N–H and O–H groups in total. The molecule has 2 aromatic rings. The van der Waals surface area contributed by atoms with E-state index >= 15 is 0 Å². The summed E-state index contributed by atoms with van der Waals surface area (Å²) in [6, 6.07) is 8.79. The van der Waals surface area contributed by atoms with Gasteiger partial charge in [0, 0.05) is 11.1 Å². The molecule has 0 saturated heterocycles. The van der Waals surface area contributed by atoms with E-state index in [1.165, 1.54) is 36.4 Å². The maximum absolute atomic E-state index is 11.9. The van der Waals surface area contributed by atoms with Gasteiger partial charge in [0.1, 0.15) is 4.88 Å². The van der Waals surface area contributed by atoms with Crippen LogP contribution >= 0.6 is 11.3 Å². The number of nitrogens with one attached hydrogen (secondary N) is 1. The molecule has 0 aliphatic carbocycles. The van der Waals surface area contributed by atoms with Gasteiger partial charge in [0.05, 0.1) is 5.00 Å². The van der Waals surface area contributed by atoms with Crippen molar-refractivity contribution in [3.05, 3.63) is 52.4 Å². The average molecular weight is 290 g/mol. The van der Waals surface area contributed by atoms with Crippen molar-refractivity contribution >= 4 is 34.1 Å². The van der Waals surface area contributed by atoms with Gasteiger partial charge in [0.25, 0.3) is 5.91 Å². The normalized spacial score (nSPS) is 10.0. The molecule has 0 aliphatic heterocycles. The molecule has 1 aromatic carbocycles. The van der Waals surface area contributed by atoms with Crippen molar-refractivity contribution in [2.75, 3.05) is 5.32 Å². The van der Waals surface area contributed by atoms with Crippen molar-refractivity contribution in [1.82, 2.24) is 0 Å². The van der Waals surface area contributed by atoms with Crippen molar-refractivity contribution in [1.29, 1.82) is 0 Å². The first kappa shape index (κ1) is 13.8. The molecule has 20 heavy (non-hydrogen) atoms. The van der Waals surface area contributed by atoms with Gasteiger partial charge in [-0.3, -0.25) is 9.59 Å². The predicted molar refractivity (Wildman–Crippen MR) is 74.2 cm³/mol. The molecule has 0 radical (unpaired) electrons. The number of aromatic carboxylic acids is 1. The largest absolute Gasteiger partial charge is 0.477 e. The fraction of sp³-hybridized carbons (Fsp3) is 0. The van der Waals surface area contributed by atoms with Crippen molar-refractivity contribution in [3.8, 4) is 0 Å². The fourth-order valence-corrected chi connectivity index (χ4v) is 2.23. The topological polar surface area (TPSA) is 109 Å². The number of primary amides is 1. The third-order valence-electron chi connectivity index (χ3n) is 2.49. The third-order valence-corrected chi connectivity index (χ3v) is 3.47. The summed E-state index contributed by atoms with van der Waals surface area (Å²) in [4.78, 5) is 33.7. The predicted octanol–water partition coefficient (Wildman–Crippen LogP) is 1.80. The Morgan fingerprint density at radius 3 is 2.10 bits per heavy atom. The van der Waals surface area contributed by atoms with Crippen LogP contribution in [0, 0.1) is 0 Å². The van der Waals surface area contributed by atoms with Crippen LogP contribution in [0.15, 0.2) is 36.4 Å². The van der Waals surface area contributed by atoms with Crippen LogP contribution in [0.3, 0.4) is 0 Å². The minimum atomic E-state index is -1.04. The lowest BCUT2D eigenvalue weighted by Crippen LogP contribution is -2.13. The summed E-state index contributed by atoms with van der Waals surface area (Å²) in [5.41, 5.74) is 5.76. The summed E-state index contributed by atoms with van der Waals surface area (Å²) in [7, 11) is 0. The number of anilines is 1. The van der Waals surface area contributed by atoms with Crippen LogP contribution in [-0.4, -0.2) is 22.9 Å². The Kier molecular flexibility index (Phi) is 3.81. The van der Waals surface area contributed by atoms with E-state index in [4.69, 9.17) is 10.8 Å². The Hall–Kier alpha value is -2.67. The Morgan fingerprint density at radius 1 is 1.00 bits per heavy atom. The zero-order valence-corrected chi connectivity index (χ0v) is 10.9. The number of hydrogen-bond donors (Lipinski definition) is 3. The number of carboxylic acids is 1. The second-order valence-corrected chi connectivity index (χ2v) is 4.95. The molecule has 6 nitrogen and oxygen atoms in total. The minimum Gasteiger partial charge on any atom is -0.477 e. The highest BCUT2D eigenvalue weighted by Gasteiger charge is 2.11. The zero-order chi connectivity index (χ0) is 14.7. The number of carboxylic acid groups (broad SMARTS) is 1. The van der Waals surface area contributed by atoms with E-state index in [0.717, 1.165) is 11.3 Å². The van der Waals surface area contributed by atoms with Crippen LogP contribution in [-0.2, 0) is 0 Å². The number of nitrogens with two attached hydrogens (primary N) is 1. The van der Waals surface area contributed by atoms with Crippen molar-refractivity contribution in [2.24, 2.45) is 5.73 Å². The summed E-state index contributed by atoms with van der Waals surface area (Å²) in [5, 5.41) is 11.8. The molecule has 0 atom stereocenters. The Labute approximate surface area is 117 Å². The van der Waals surface area contributed by atoms with E-state index in [0.29, 0.717) is 16.1 Å². The highest BCUT2D eigenvalue weighted by atomic mass is 32.1. The Morgan fingerprint density at radius 2 is 1.60 bits per heavy atom. The minimum absolute atomic E-state index is 0.143. The lowest BCUT2D eigenvalue weighted by atomic mass is 10.1. The maximum Gasteiger partial charge on any atom is 0.345 e. The number of hydrogen-bond acceptors (Lipinski definition) is 4. The summed E-state index contributed by atoms with van der Waals surface area (Å²) >= 11 is 0.966. The van der Waals surface area contributed by atoms with Crippen LogP contribution in [0.4, 0.5) is 5.00 Å². The van der Waals surface area contributed by atoms with E-state index < -0.39 is 11.9 Å². The van der Waals surface area contributed by atoms with Crippen molar-refractivity contribution < 1.29 is 19.5 Å². The quantitative estimate of drug-likeness (QED) is 0.797. The van der Waals surface area contributed by atoms with Crippen LogP contribution in [0.5, 0.6) is 0 Å². The van der Waals surface area contributed by atoms with Gasteiger partial charge in [-0.25, -0.2) is 4.79 Å². The Balaban J connectivity index is 2.11. The van der Waals surface area contributed by atoms with Gasteiger partial charge >= 0.3 is 5.97 Å². The molecule has 0 fully saturated rings. The van der Waals surface area contributed by atoms with E-state index in [9.17, 15) is 14.4 Å². The summed E-state index contributed by atoms with van der Waals surface area (Å²) < 4.78 is 0. The maximum atomic E-state index is 11.9. The standard InChI is InChI=1S/C13H10N2O4S/c14-11(16)7-1-3-8(4-2-7)12(17)15-10-6-5-9(20-10)13(18)19/h1-6H,(H2,14,16)(H,15,17)(H,18,19). The average Bonchev–Trinajstić information content (AvgIpc) is 2.87. The van der Waals surface area contributed by atoms with Gasteiger partial charge < -0.3 is 16.2 Å². The first-order valence-corrected chi connectivity index (χ1v) is 6.33. The van der Waals surface area contributed by atoms with Crippen molar-refractivity contribution in [2.45, 2.75) is 0 Å². The lowest BCUT2D eigenvalue weighted by Gasteiger charge is -2.03. The molecule has 1 aromatic heterocycles. The first-order valence-electron chi connectivity index (χ1n) is 5.51. The van der Waals surface area contributed by atoms with E-state index in [1.54, 1.807) is 0 Å². The number of rotatable bonds is 4. The molecule has 0 unspecified atom stereocenters. The van der Waals surface area contributed by atoms with Crippen LogP contribution < -0.4 is 11.1 Å². The monoisotopic (exact) mass is 290 g/mol. The molecule has 1 heterocycles. The number of thiophene rings is 1. The van der Waals surface area contributed by atoms with E-state index in [2.05, 4.69) is 5.32 Å². The van der Waals surface area contributed by atoms with Gasteiger partial charge in [0.2, 0.25) is 5.91 Å². The number of carbonyl (C=O) groups is 3. The second-order valence-electron chi connectivity index (χ2n) is 3.86. The highest BCUT2D eigenvalue weighted by Crippen LogP contribution is 2.22. The van der Waals surface area contributed by atoms with Crippen LogP contribution in [0.2, 0.25) is 0 Å². The summed E-state index contributed by atoms with van der Waals surface area (Å²) in [5.74, 6) is -2.00. The van der Waals surface area contributed by atoms with Gasteiger partial charge in [-0.15, -0.1) is 11.3 Å². The summed E-state index contributed by atoms with van der Waals surface area (Å²) in [6.45, 7) is 0. The number of amides is 2. The second kappa shape index (κ2) is 5.54. The molecular formula is C13H10N2O4S. The first-order chi connectivity index (χ1) is 9.47. The van der Waals surface area contributed by atoms with E-state index in [-0.39, 0.29) is 10.8 Å². The van der Waals surface area contributed by atoms with Gasteiger partial charge in [-0.2, -0.15) is 0 Å². The molecular weight excluding hydrogens is 280 g/mol. The SMILES string of the molecule is NC(=O)c1ccc(C(=O)Nc2ccc(C(=O)O)s2)cc1. The van der Waals surface area contributed by atoms with Crippen molar-refractivity contribution in [3.63, 3.8) is 0 Å². The molecule has 0 bridgehead atoms. The smallest absolute Gasteiger partial charge is 0.345 e. The highest BCUT2D eigenvalue weighted by molar-refractivity contribution is 7.18. The van der Waals surface area contributed by atoms with Crippen LogP contribution in [0.25, 0.3) is 0 Å². The van der Waals surface area contributed by atoms with E-state index in [1.807, 2.05) is 0 Å². The zero-order valence-electron chi connectivity index (χ0n) is 10.1. The molecule has 0 aliphatic rings. The third kappa shape index (κ3) is 3.01. The number of carbonyl (C=O) groups excluding carboxylic acids is 2. The van der Waals surface area contributed by atoms with Gasteiger partial charge in [-0.05, 0) is 36.4 Å². The molecule has 2 rings (SSSR count). The molecule has 102 valence electrons. The Bertz CT molecular complexity index is 676. The molecule has 2 amide bonds. The van der Waals surface area contributed by atoms with Gasteiger partial charge in [-0.1, -0.05) is 0 Å². The van der Waals surface area contributed by atoms with Crippen LogP contribution in [0.1, 0.15) is 30.4 Å². The molecule has 0 saturated carbocycles. The molecule has 7 heteroatoms.